The molecule has 0 spiro atoms. The van der Waals surface area contributed by atoms with Gasteiger partial charge >= 0.3 is 0 Å². The van der Waals surface area contributed by atoms with Crippen molar-refractivity contribution in [2.45, 2.75) is 39.3 Å². The summed E-state index contributed by atoms with van der Waals surface area (Å²) in [5, 5.41) is 3.48. The molecule has 0 aromatic carbocycles. The third kappa shape index (κ3) is 3.92. The Bertz CT molecular complexity index is 287. The van der Waals surface area contributed by atoms with E-state index in [9.17, 15) is 0 Å². The van der Waals surface area contributed by atoms with Crippen LogP contribution in [0.1, 0.15) is 27.2 Å². The van der Waals surface area contributed by atoms with Crippen LogP contribution in [0.15, 0.2) is 35.6 Å². The average molecular weight is 207 g/mol. The molecule has 0 bridgehead atoms. The minimum atomic E-state index is 0.359. The monoisotopic (exact) mass is 207 g/mol. The lowest BCUT2D eigenvalue weighted by molar-refractivity contribution is 0.305. The summed E-state index contributed by atoms with van der Waals surface area (Å²) in [7, 11) is 1.71. The Morgan fingerprint density at radius 1 is 1.33 bits per heavy atom. The highest BCUT2D eigenvalue weighted by atomic mass is 16.5. The Morgan fingerprint density at radius 3 is 2.67 bits per heavy atom. The summed E-state index contributed by atoms with van der Waals surface area (Å²) >= 11 is 0. The van der Waals surface area contributed by atoms with Crippen molar-refractivity contribution in [2.75, 3.05) is 7.11 Å². The molecule has 0 aromatic rings. The van der Waals surface area contributed by atoms with Gasteiger partial charge in [-0.3, -0.25) is 0 Å². The molecule has 15 heavy (non-hydrogen) atoms. The number of hydrogen-bond acceptors (Lipinski definition) is 2. The molecule has 2 nitrogen and oxygen atoms in total. The predicted octanol–water partition coefficient (Wildman–Crippen LogP) is 2.79. The predicted molar refractivity (Wildman–Crippen MR) is 64.7 cm³/mol. The molecule has 0 amide bonds. The molecule has 1 atom stereocenters. The van der Waals surface area contributed by atoms with Gasteiger partial charge in [0.05, 0.1) is 7.11 Å². The maximum atomic E-state index is 5.27. The van der Waals surface area contributed by atoms with E-state index in [-0.39, 0.29) is 0 Å². The van der Waals surface area contributed by atoms with Gasteiger partial charge in [-0.1, -0.05) is 26.0 Å². The smallest absolute Gasteiger partial charge is 0.115 e. The molecule has 1 aliphatic carbocycles. The van der Waals surface area contributed by atoms with Crippen LogP contribution in [0.25, 0.3) is 0 Å². The lowest BCUT2D eigenvalue weighted by Crippen LogP contribution is -2.33. The molecule has 0 saturated heterocycles. The van der Waals surface area contributed by atoms with Crippen molar-refractivity contribution in [3.8, 4) is 0 Å². The molecular weight excluding hydrogens is 186 g/mol. The van der Waals surface area contributed by atoms with Gasteiger partial charge < -0.3 is 10.1 Å². The zero-order chi connectivity index (χ0) is 11.3. The molecule has 0 aliphatic heterocycles. The first-order chi connectivity index (χ1) is 7.13. The molecule has 0 radical (unpaired) electrons. The van der Waals surface area contributed by atoms with Crippen LogP contribution < -0.4 is 5.32 Å². The summed E-state index contributed by atoms with van der Waals surface area (Å²) in [6.07, 6.45) is 9.46. The number of nitrogens with one attached hydrogen (secondary N) is 1. The number of hydrogen-bond donors (Lipinski definition) is 1. The van der Waals surface area contributed by atoms with E-state index in [2.05, 4.69) is 50.4 Å². The van der Waals surface area contributed by atoms with Crippen LogP contribution in [0.4, 0.5) is 0 Å². The fraction of sp³-hybridized carbons (Fsp3) is 0.538. The van der Waals surface area contributed by atoms with Gasteiger partial charge in [-0.25, -0.2) is 0 Å². The van der Waals surface area contributed by atoms with Crippen LogP contribution in [0.5, 0.6) is 0 Å². The highest BCUT2D eigenvalue weighted by molar-refractivity contribution is 5.34. The number of allylic oxidation sites excluding steroid dienone is 3. The Labute approximate surface area is 92.7 Å². The number of ether oxygens (including phenoxy) is 1. The summed E-state index contributed by atoms with van der Waals surface area (Å²) < 4.78 is 5.27. The van der Waals surface area contributed by atoms with E-state index < -0.39 is 0 Å². The molecule has 0 unspecified atom stereocenters. The fourth-order valence-corrected chi connectivity index (χ4v) is 1.67. The maximum absolute atomic E-state index is 5.27. The quantitative estimate of drug-likeness (QED) is 0.765. The lowest BCUT2D eigenvalue weighted by atomic mass is 10.1. The molecule has 84 valence electrons. The summed E-state index contributed by atoms with van der Waals surface area (Å²) in [4.78, 5) is 0. The second kappa shape index (κ2) is 5.76. The van der Waals surface area contributed by atoms with Gasteiger partial charge in [-0.05, 0) is 31.1 Å². The van der Waals surface area contributed by atoms with Gasteiger partial charge in [-0.15, -0.1) is 0 Å². The van der Waals surface area contributed by atoms with E-state index in [1.54, 1.807) is 7.11 Å². The normalized spacial score (nSPS) is 18.2. The second-order valence-electron chi connectivity index (χ2n) is 4.14. The lowest BCUT2D eigenvalue weighted by Gasteiger charge is -2.18. The minimum absolute atomic E-state index is 0.359. The van der Waals surface area contributed by atoms with Gasteiger partial charge in [0.1, 0.15) is 5.76 Å². The first-order valence-electron chi connectivity index (χ1n) is 5.51. The Morgan fingerprint density at radius 2 is 2.07 bits per heavy atom. The zero-order valence-corrected chi connectivity index (χ0v) is 10.1. The molecule has 0 aromatic heterocycles. The third-order valence-corrected chi connectivity index (χ3v) is 2.39. The summed E-state index contributed by atoms with van der Waals surface area (Å²) in [5.74, 6) is 0.951. The zero-order valence-electron chi connectivity index (χ0n) is 10.1. The Kier molecular flexibility index (Phi) is 4.63. The first-order valence-corrected chi connectivity index (χ1v) is 5.51. The van der Waals surface area contributed by atoms with Gasteiger partial charge in [0, 0.05) is 12.1 Å². The average Bonchev–Trinajstić information content (AvgIpc) is 2.41. The van der Waals surface area contributed by atoms with E-state index in [4.69, 9.17) is 4.74 Å². The minimum Gasteiger partial charge on any atom is -0.497 e. The van der Waals surface area contributed by atoms with Crippen molar-refractivity contribution in [3.63, 3.8) is 0 Å². The highest BCUT2D eigenvalue weighted by Crippen LogP contribution is 2.14. The molecule has 0 heterocycles. The maximum Gasteiger partial charge on any atom is 0.115 e. The molecule has 1 rings (SSSR count). The van der Waals surface area contributed by atoms with Gasteiger partial charge in [0.15, 0.2) is 0 Å². The SMILES string of the molecule is COC1=CCC=CC([C@H](C)NC(C)C)=C1. The highest BCUT2D eigenvalue weighted by Gasteiger charge is 2.09. The van der Waals surface area contributed by atoms with Gasteiger partial charge in [0.25, 0.3) is 0 Å². The van der Waals surface area contributed by atoms with E-state index in [0.29, 0.717) is 12.1 Å². The van der Waals surface area contributed by atoms with Crippen LogP contribution >= 0.6 is 0 Å². The third-order valence-electron chi connectivity index (χ3n) is 2.39. The standard InChI is InChI=1S/C13H21NO/c1-10(2)14-11(3)12-7-5-6-8-13(9-12)15-4/h5,7-11,14H,6H2,1-4H3/t11-/m0/s1. The number of methoxy groups -OCH3 is 1. The van der Waals surface area contributed by atoms with E-state index in [1.807, 2.05) is 0 Å². The van der Waals surface area contributed by atoms with Crippen molar-refractivity contribution < 1.29 is 4.74 Å². The van der Waals surface area contributed by atoms with Crippen molar-refractivity contribution >= 4 is 0 Å². The van der Waals surface area contributed by atoms with Gasteiger partial charge in [0.2, 0.25) is 0 Å². The van der Waals surface area contributed by atoms with Crippen molar-refractivity contribution in [1.82, 2.24) is 5.32 Å². The Hall–Kier alpha value is -1.02. The topological polar surface area (TPSA) is 21.3 Å². The van der Waals surface area contributed by atoms with E-state index in [0.717, 1.165) is 12.2 Å². The molecular formula is C13H21NO. The van der Waals surface area contributed by atoms with E-state index in [1.165, 1.54) is 5.57 Å². The fourth-order valence-electron chi connectivity index (χ4n) is 1.67. The van der Waals surface area contributed by atoms with Crippen molar-refractivity contribution in [1.29, 1.82) is 0 Å². The molecule has 0 fully saturated rings. The van der Waals surface area contributed by atoms with Crippen LogP contribution in [0.2, 0.25) is 0 Å². The van der Waals surface area contributed by atoms with Crippen LogP contribution in [-0.2, 0) is 4.74 Å². The number of rotatable bonds is 4. The summed E-state index contributed by atoms with van der Waals surface area (Å²) in [6, 6.07) is 0.852. The molecule has 0 saturated carbocycles. The van der Waals surface area contributed by atoms with Crippen molar-refractivity contribution in [2.24, 2.45) is 0 Å². The van der Waals surface area contributed by atoms with Crippen LogP contribution in [0, 0.1) is 0 Å². The molecule has 1 aliphatic rings. The largest absolute Gasteiger partial charge is 0.497 e. The van der Waals surface area contributed by atoms with Crippen LogP contribution in [0.3, 0.4) is 0 Å². The molecule has 2 heteroatoms. The second-order valence-corrected chi connectivity index (χ2v) is 4.14. The van der Waals surface area contributed by atoms with Crippen LogP contribution in [-0.4, -0.2) is 19.2 Å². The summed E-state index contributed by atoms with van der Waals surface area (Å²) in [5.41, 5.74) is 1.27. The van der Waals surface area contributed by atoms with Gasteiger partial charge in [-0.2, -0.15) is 0 Å². The van der Waals surface area contributed by atoms with E-state index >= 15 is 0 Å². The van der Waals surface area contributed by atoms with Crippen molar-refractivity contribution in [3.05, 3.63) is 35.6 Å². The molecule has 1 N–H and O–H groups in total. The summed E-state index contributed by atoms with van der Waals surface area (Å²) in [6.45, 7) is 6.49. The Balaban J connectivity index is 2.74. The first kappa shape index (κ1) is 12.1.